The fraction of sp³-hybridized carbons (Fsp3) is 0.450. The maximum absolute atomic E-state index is 12.2. The summed E-state index contributed by atoms with van der Waals surface area (Å²) in [7, 11) is 3.02. The molecule has 2 heterocycles. The number of methoxy groups -OCH3 is 2. The van der Waals surface area contributed by atoms with Gasteiger partial charge in [-0.1, -0.05) is 11.6 Å². The number of halogens is 1. The van der Waals surface area contributed by atoms with Crippen LogP contribution in [0.1, 0.15) is 18.7 Å². The van der Waals surface area contributed by atoms with E-state index in [1.165, 1.54) is 27.1 Å². The smallest absolute Gasteiger partial charge is 0.319 e. The van der Waals surface area contributed by atoms with Gasteiger partial charge in [0.2, 0.25) is 0 Å². The van der Waals surface area contributed by atoms with Crippen LogP contribution in [0.5, 0.6) is 11.5 Å². The third-order valence-electron chi connectivity index (χ3n) is 4.69. The first kappa shape index (κ1) is 21.8. The normalized spacial score (nSPS) is 13.1. The molecule has 1 aliphatic heterocycles. The van der Waals surface area contributed by atoms with Crippen LogP contribution in [-0.2, 0) is 0 Å². The van der Waals surface area contributed by atoms with Crippen molar-refractivity contribution < 1.29 is 14.3 Å². The molecule has 3 rings (SSSR count). The van der Waals surface area contributed by atoms with Gasteiger partial charge in [0.25, 0.3) is 0 Å². The second-order valence-electron chi connectivity index (χ2n) is 6.85. The summed E-state index contributed by atoms with van der Waals surface area (Å²) in [6.07, 6.45) is 2.38. The van der Waals surface area contributed by atoms with E-state index < -0.39 is 0 Å². The van der Waals surface area contributed by atoms with E-state index >= 15 is 0 Å². The number of carbonyl (C=O) groups is 1. The monoisotopic (exact) mass is 434 g/mol. The number of ether oxygens (including phenoxy) is 2. The molecule has 0 aliphatic carbocycles. The fourth-order valence-corrected chi connectivity index (χ4v) is 3.48. The van der Waals surface area contributed by atoms with Crippen LogP contribution in [0, 0.1) is 6.92 Å². The number of nitrogens with zero attached hydrogens (tertiary/aromatic N) is 3. The maximum Gasteiger partial charge on any atom is 0.319 e. The molecule has 0 bridgehead atoms. The summed E-state index contributed by atoms with van der Waals surface area (Å²) in [5.41, 5.74) is 0.454. The molecule has 0 spiro atoms. The van der Waals surface area contributed by atoms with Gasteiger partial charge in [-0.05, 0) is 25.8 Å². The topological polar surface area (TPSA) is 101 Å². The van der Waals surface area contributed by atoms with Gasteiger partial charge in [-0.3, -0.25) is 0 Å². The van der Waals surface area contributed by atoms with Crippen LogP contribution in [-0.4, -0.2) is 56.4 Å². The number of carbonyl (C=O) groups excluding carboxylic acids is 1. The summed E-state index contributed by atoms with van der Waals surface area (Å²) in [6.45, 7) is 4.85. The van der Waals surface area contributed by atoms with Crippen LogP contribution >= 0.6 is 11.6 Å². The number of aromatic nitrogens is 2. The molecular weight excluding hydrogens is 408 g/mol. The van der Waals surface area contributed by atoms with Gasteiger partial charge in [-0.25, -0.2) is 14.8 Å². The van der Waals surface area contributed by atoms with Crippen molar-refractivity contribution in [2.45, 2.75) is 19.8 Å². The quantitative estimate of drug-likeness (QED) is 0.548. The van der Waals surface area contributed by atoms with Crippen LogP contribution in [0.3, 0.4) is 0 Å². The van der Waals surface area contributed by atoms with E-state index in [0.717, 1.165) is 30.5 Å². The third kappa shape index (κ3) is 5.56. The van der Waals surface area contributed by atoms with E-state index in [4.69, 9.17) is 21.1 Å². The molecule has 0 saturated carbocycles. The standard InChI is InChI=1S/C20H27ClN6O3/c1-13-24-18(12-19(25-13)27-8-4-5-9-27)22-6-7-23-20(28)26-15-10-14(21)16(29-2)11-17(15)30-3/h10-12H,4-9H2,1-3H3,(H,22,24,25)(H2,23,26,28). The number of rotatable bonds is 8. The summed E-state index contributed by atoms with van der Waals surface area (Å²) in [5.74, 6) is 3.33. The summed E-state index contributed by atoms with van der Waals surface area (Å²) < 4.78 is 10.4. The first-order valence-corrected chi connectivity index (χ1v) is 10.2. The second-order valence-corrected chi connectivity index (χ2v) is 7.25. The average molecular weight is 435 g/mol. The highest BCUT2D eigenvalue weighted by Crippen LogP contribution is 2.35. The number of anilines is 3. The SMILES string of the molecule is COc1cc(OC)c(NC(=O)NCCNc2cc(N3CCCC3)nc(C)n2)cc1Cl. The van der Waals surface area contributed by atoms with Crippen molar-refractivity contribution in [2.75, 3.05) is 55.9 Å². The minimum atomic E-state index is -0.368. The summed E-state index contributed by atoms with van der Waals surface area (Å²) in [6, 6.07) is 4.78. The van der Waals surface area contributed by atoms with Gasteiger partial charge >= 0.3 is 6.03 Å². The van der Waals surface area contributed by atoms with Gasteiger partial charge < -0.3 is 30.3 Å². The molecule has 0 unspecified atom stereocenters. The average Bonchev–Trinajstić information content (AvgIpc) is 3.26. The molecule has 3 N–H and O–H groups in total. The maximum atomic E-state index is 12.2. The van der Waals surface area contributed by atoms with Crippen molar-refractivity contribution in [2.24, 2.45) is 0 Å². The number of nitrogens with one attached hydrogen (secondary N) is 3. The zero-order valence-electron chi connectivity index (χ0n) is 17.4. The van der Waals surface area contributed by atoms with Crippen molar-refractivity contribution in [3.63, 3.8) is 0 Å². The molecule has 0 atom stereocenters. The van der Waals surface area contributed by atoms with Crippen molar-refractivity contribution in [1.29, 1.82) is 0 Å². The molecule has 1 aromatic carbocycles. The van der Waals surface area contributed by atoms with E-state index in [-0.39, 0.29) is 6.03 Å². The molecule has 1 fully saturated rings. The minimum absolute atomic E-state index is 0.368. The third-order valence-corrected chi connectivity index (χ3v) is 4.99. The predicted octanol–water partition coefficient (Wildman–Crippen LogP) is 3.29. The Kier molecular flexibility index (Phi) is 7.40. The van der Waals surface area contributed by atoms with Crippen LogP contribution in [0.2, 0.25) is 5.02 Å². The first-order chi connectivity index (χ1) is 14.5. The van der Waals surface area contributed by atoms with E-state index in [1.54, 1.807) is 12.1 Å². The lowest BCUT2D eigenvalue weighted by atomic mass is 10.2. The van der Waals surface area contributed by atoms with Gasteiger partial charge in [-0.15, -0.1) is 0 Å². The Morgan fingerprint density at radius 1 is 1.10 bits per heavy atom. The Morgan fingerprint density at radius 3 is 2.53 bits per heavy atom. The van der Waals surface area contributed by atoms with Gasteiger partial charge in [0.15, 0.2) is 0 Å². The summed E-state index contributed by atoms with van der Waals surface area (Å²) in [5, 5.41) is 9.13. The molecule has 162 valence electrons. The van der Waals surface area contributed by atoms with Crippen molar-refractivity contribution in [3.05, 3.63) is 29.0 Å². The summed E-state index contributed by atoms with van der Waals surface area (Å²) >= 11 is 6.13. The van der Waals surface area contributed by atoms with Crippen molar-refractivity contribution in [3.8, 4) is 11.5 Å². The Morgan fingerprint density at radius 2 is 1.83 bits per heavy atom. The number of urea groups is 1. The minimum Gasteiger partial charge on any atom is -0.495 e. The van der Waals surface area contributed by atoms with Gasteiger partial charge in [-0.2, -0.15) is 0 Å². The Hall–Kier alpha value is -2.94. The largest absolute Gasteiger partial charge is 0.495 e. The molecule has 9 nitrogen and oxygen atoms in total. The Balaban J connectivity index is 1.50. The summed E-state index contributed by atoms with van der Waals surface area (Å²) in [4.78, 5) is 23.4. The molecule has 30 heavy (non-hydrogen) atoms. The number of amides is 2. The molecule has 1 saturated heterocycles. The zero-order chi connectivity index (χ0) is 21.5. The van der Waals surface area contributed by atoms with Gasteiger partial charge in [0.05, 0.1) is 24.9 Å². The highest BCUT2D eigenvalue weighted by molar-refractivity contribution is 6.32. The van der Waals surface area contributed by atoms with Crippen LogP contribution in [0.15, 0.2) is 18.2 Å². The zero-order valence-corrected chi connectivity index (χ0v) is 18.2. The van der Waals surface area contributed by atoms with E-state index in [0.29, 0.717) is 35.3 Å². The molecule has 2 aromatic rings. The van der Waals surface area contributed by atoms with Crippen molar-refractivity contribution in [1.82, 2.24) is 15.3 Å². The Labute approximate surface area is 181 Å². The first-order valence-electron chi connectivity index (χ1n) is 9.81. The fourth-order valence-electron chi connectivity index (χ4n) is 3.24. The van der Waals surface area contributed by atoms with Gasteiger partial charge in [0.1, 0.15) is 29.0 Å². The highest BCUT2D eigenvalue weighted by atomic mass is 35.5. The lowest BCUT2D eigenvalue weighted by Crippen LogP contribution is -2.33. The van der Waals surface area contributed by atoms with E-state index in [2.05, 4.69) is 30.8 Å². The lowest BCUT2D eigenvalue weighted by Gasteiger charge is -2.18. The molecule has 10 heteroatoms. The number of hydrogen-bond acceptors (Lipinski definition) is 7. The molecule has 2 amide bonds. The second kappa shape index (κ2) is 10.2. The number of benzene rings is 1. The molecular formula is C20H27ClN6O3. The molecule has 1 aromatic heterocycles. The number of hydrogen-bond donors (Lipinski definition) is 3. The van der Waals surface area contributed by atoms with Crippen LogP contribution in [0.25, 0.3) is 0 Å². The number of aryl methyl sites for hydroxylation is 1. The van der Waals surface area contributed by atoms with E-state index in [1.807, 2.05) is 13.0 Å². The lowest BCUT2D eigenvalue weighted by molar-refractivity contribution is 0.252. The molecule has 0 radical (unpaired) electrons. The molecule has 1 aliphatic rings. The van der Waals surface area contributed by atoms with E-state index in [9.17, 15) is 4.79 Å². The predicted molar refractivity (Wildman–Crippen MR) is 118 cm³/mol. The van der Waals surface area contributed by atoms with Crippen LogP contribution in [0.4, 0.5) is 22.1 Å². The highest BCUT2D eigenvalue weighted by Gasteiger charge is 2.15. The van der Waals surface area contributed by atoms with Crippen molar-refractivity contribution >= 4 is 35.0 Å². The Bertz CT molecular complexity index is 889. The van der Waals surface area contributed by atoms with Crippen LogP contribution < -0.4 is 30.3 Å². The van der Waals surface area contributed by atoms with Gasteiger partial charge in [0, 0.05) is 38.3 Å².